The lowest BCUT2D eigenvalue weighted by Crippen LogP contribution is -2.40. The Hall–Kier alpha value is -0.470. The van der Waals surface area contributed by atoms with Gasteiger partial charge in [-0.3, -0.25) is 0 Å². The first-order valence-electron chi connectivity index (χ1n) is 6.90. The van der Waals surface area contributed by atoms with E-state index in [2.05, 4.69) is 10.0 Å². The number of nitrogens with one attached hydrogen (secondary N) is 2. The summed E-state index contributed by atoms with van der Waals surface area (Å²) in [7, 11) is -1.83. The molecule has 114 valence electrons. The SMILES string of the molecule is CCNCc1sccc1S(=O)(=O)NC1CCCC1OC. The maximum absolute atomic E-state index is 12.5. The molecule has 7 heteroatoms. The van der Waals surface area contributed by atoms with Gasteiger partial charge in [0.2, 0.25) is 10.0 Å². The lowest BCUT2D eigenvalue weighted by molar-refractivity contribution is 0.0916. The number of sulfonamides is 1. The molecule has 0 bridgehead atoms. The van der Waals surface area contributed by atoms with Crippen LogP contribution in [0, 0.1) is 0 Å². The van der Waals surface area contributed by atoms with Crippen LogP contribution in [0.3, 0.4) is 0 Å². The Labute approximate surface area is 124 Å². The van der Waals surface area contributed by atoms with Gasteiger partial charge in [0, 0.05) is 24.6 Å². The highest BCUT2D eigenvalue weighted by Gasteiger charge is 2.32. The molecule has 5 nitrogen and oxygen atoms in total. The zero-order chi connectivity index (χ0) is 14.6. The van der Waals surface area contributed by atoms with Gasteiger partial charge in [-0.2, -0.15) is 0 Å². The molecule has 1 aliphatic carbocycles. The van der Waals surface area contributed by atoms with Gasteiger partial charge in [0.1, 0.15) is 0 Å². The smallest absolute Gasteiger partial charge is 0.242 e. The molecule has 0 radical (unpaired) electrons. The summed E-state index contributed by atoms with van der Waals surface area (Å²) in [5, 5.41) is 4.99. The first-order chi connectivity index (χ1) is 9.58. The molecule has 1 aromatic heterocycles. The third kappa shape index (κ3) is 3.59. The van der Waals surface area contributed by atoms with Crippen molar-refractivity contribution in [3.05, 3.63) is 16.3 Å². The number of hydrogen-bond donors (Lipinski definition) is 2. The molecule has 1 fully saturated rings. The van der Waals surface area contributed by atoms with E-state index in [-0.39, 0.29) is 12.1 Å². The van der Waals surface area contributed by atoms with Crippen LogP contribution in [0.5, 0.6) is 0 Å². The lowest BCUT2D eigenvalue weighted by Gasteiger charge is -2.19. The van der Waals surface area contributed by atoms with E-state index in [1.165, 1.54) is 11.3 Å². The van der Waals surface area contributed by atoms with E-state index in [1.807, 2.05) is 12.3 Å². The van der Waals surface area contributed by atoms with Crippen LogP contribution in [-0.2, 0) is 21.3 Å². The second kappa shape index (κ2) is 7.00. The molecule has 2 unspecified atom stereocenters. The van der Waals surface area contributed by atoms with Gasteiger partial charge in [-0.15, -0.1) is 11.3 Å². The zero-order valence-electron chi connectivity index (χ0n) is 11.9. The Bertz CT molecular complexity index is 527. The summed E-state index contributed by atoms with van der Waals surface area (Å²) < 4.78 is 33.2. The molecular weight excluding hydrogens is 296 g/mol. The minimum Gasteiger partial charge on any atom is -0.380 e. The summed E-state index contributed by atoms with van der Waals surface area (Å²) in [5.74, 6) is 0. The lowest BCUT2D eigenvalue weighted by atomic mass is 10.2. The molecule has 1 heterocycles. The van der Waals surface area contributed by atoms with Gasteiger partial charge in [0.05, 0.1) is 11.0 Å². The van der Waals surface area contributed by atoms with E-state index in [0.717, 1.165) is 30.7 Å². The van der Waals surface area contributed by atoms with Crippen molar-refractivity contribution in [3.63, 3.8) is 0 Å². The molecule has 0 aromatic carbocycles. The van der Waals surface area contributed by atoms with Crippen molar-refractivity contribution in [2.75, 3.05) is 13.7 Å². The molecule has 0 spiro atoms. The quantitative estimate of drug-likeness (QED) is 0.803. The zero-order valence-corrected chi connectivity index (χ0v) is 13.5. The molecule has 20 heavy (non-hydrogen) atoms. The molecule has 2 atom stereocenters. The van der Waals surface area contributed by atoms with Crippen LogP contribution in [-0.4, -0.2) is 34.2 Å². The standard InChI is InChI=1S/C13H22N2O3S2/c1-3-14-9-12-13(7-8-19-12)20(16,17)15-10-5-4-6-11(10)18-2/h7-8,10-11,14-15H,3-6,9H2,1-2H3. The molecule has 0 saturated heterocycles. The Kier molecular flexibility index (Phi) is 5.57. The number of thiophene rings is 1. The summed E-state index contributed by atoms with van der Waals surface area (Å²) in [4.78, 5) is 1.25. The van der Waals surface area contributed by atoms with E-state index in [4.69, 9.17) is 4.74 Å². The summed E-state index contributed by atoms with van der Waals surface area (Å²) >= 11 is 1.47. The van der Waals surface area contributed by atoms with Crippen LogP contribution >= 0.6 is 11.3 Å². The fraction of sp³-hybridized carbons (Fsp3) is 0.692. The van der Waals surface area contributed by atoms with Gasteiger partial charge in [0.25, 0.3) is 0 Å². The normalized spacial score (nSPS) is 23.3. The van der Waals surface area contributed by atoms with Crippen molar-refractivity contribution in [2.45, 2.75) is 49.8 Å². The van der Waals surface area contributed by atoms with Crippen molar-refractivity contribution in [1.29, 1.82) is 0 Å². The van der Waals surface area contributed by atoms with E-state index < -0.39 is 10.0 Å². The highest BCUT2D eigenvalue weighted by Crippen LogP contribution is 2.26. The second-order valence-corrected chi connectivity index (χ2v) is 7.60. The minimum atomic E-state index is -3.46. The first kappa shape index (κ1) is 15.9. The Morgan fingerprint density at radius 2 is 2.25 bits per heavy atom. The Balaban J connectivity index is 2.12. The van der Waals surface area contributed by atoms with Crippen LogP contribution < -0.4 is 10.0 Å². The molecule has 1 saturated carbocycles. The molecule has 2 rings (SSSR count). The topological polar surface area (TPSA) is 67.4 Å². The van der Waals surface area contributed by atoms with Crippen molar-refractivity contribution < 1.29 is 13.2 Å². The maximum atomic E-state index is 12.5. The average Bonchev–Trinajstić information content (AvgIpc) is 3.04. The molecule has 1 aliphatic rings. The van der Waals surface area contributed by atoms with E-state index in [0.29, 0.717) is 11.4 Å². The van der Waals surface area contributed by atoms with E-state index >= 15 is 0 Å². The highest BCUT2D eigenvalue weighted by molar-refractivity contribution is 7.89. The van der Waals surface area contributed by atoms with Crippen molar-refractivity contribution in [3.8, 4) is 0 Å². The van der Waals surface area contributed by atoms with Crippen LogP contribution in [0.25, 0.3) is 0 Å². The average molecular weight is 318 g/mol. The number of rotatable bonds is 7. The van der Waals surface area contributed by atoms with Crippen LogP contribution in [0.2, 0.25) is 0 Å². The molecule has 0 aliphatic heterocycles. The van der Waals surface area contributed by atoms with Crippen molar-refractivity contribution >= 4 is 21.4 Å². The van der Waals surface area contributed by atoms with Gasteiger partial charge in [-0.25, -0.2) is 13.1 Å². The number of hydrogen-bond acceptors (Lipinski definition) is 5. The number of ether oxygens (including phenoxy) is 1. The summed E-state index contributed by atoms with van der Waals surface area (Å²) in [6.45, 7) is 3.41. The Morgan fingerprint density at radius 3 is 2.95 bits per heavy atom. The number of methoxy groups -OCH3 is 1. The van der Waals surface area contributed by atoms with E-state index in [9.17, 15) is 8.42 Å². The van der Waals surface area contributed by atoms with Crippen LogP contribution in [0.1, 0.15) is 31.1 Å². The van der Waals surface area contributed by atoms with Crippen molar-refractivity contribution in [1.82, 2.24) is 10.0 Å². The Morgan fingerprint density at radius 1 is 1.45 bits per heavy atom. The third-order valence-electron chi connectivity index (χ3n) is 3.59. The highest BCUT2D eigenvalue weighted by atomic mass is 32.2. The van der Waals surface area contributed by atoms with Gasteiger partial charge >= 0.3 is 0 Å². The maximum Gasteiger partial charge on any atom is 0.242 e. The van der Waals surface area contributed by atoms with Crippen LogP contribution in [0.15, 0.2) is 16.3 Å². The monoisotopic (exact) mass is 318 g/mol. The molecule has 0 amide bonds. The largest absolute Gasteiger partial charge is 0.380 e. The van der Waals surface area contributed by atoms with Gasteiger partial charge < -0.3 is 10.1 Å². The van der Waals surface area contributed by atoms with Gasteiger partial charge in [0.15, 0.2) is 0 Å². The first-order valence-corrected chi connectivity index (χ1v) is 9.27. The molecular formula is C13H22N2O3S2. The van der Waals surface area contributed by atoms with Crippen LogP contribution in [0.4, 0.5) is 0 Å². The second-order valence-electron chi connectivity index (χ2n) is 4.92. The van der Waals surface area contributed by atoms with Gasteiger partial charge in [-0.05, 0) is 37.3 Å². The fourth-order valence-electron chi connectivity index (χ4n) is 2.54. The fourth-order valence-corrected chi connectivity index (χ4v) is 5.25. The summed E-state index contributed by atoms with van der Waals surface area (Å²) in [6, 6.07) is 1.56. The van der Waals surface area contributed by atoms with Crippen molar-refractivity contribution in [2.24, 2.45) is 0 Å². The molecule has 2 N–H and O–H groups in total. The summed E-state index contributed by atoms with van der Waals surface area (Å²) in [5.41, 5.74) is 0. The summed E-state index contributed by atoms with van der Waals surface area (Å²) in [6.07, 6.45) is 2.74. The third-order valence-corrected chi connectivity index (χ3v) is 6.22. The van der Waals surface area contributed by atoms with E-state index in [1.54, 1.807) is 13.2 Å². The molecule has 1 aromatic rings. The predicted octanol–water partition coefficient (Wildman–Crippen LogP) is 1.70. The predicted molar refractivity (Wildman–Crippen MR) is 80.5 cm³/mol. The minimum absolute atomic E-state index is 0.0133. The van der Waals surface area contributed by atoms with Gasteiger partial charge in [-0.1, -0.05) is 6.92 Å².